The summed E-state index contributed by atoms with van der Waals surface area (Å²) in [4.78, 5) is 63.6. The van der Waals surface area contributed by atoms with Gasteiger partial charge in [-0.2, -0.15) is 0 Å². The van der Waals surface area contributed by atoms with Gasteiger partial charge in [-0.05, 0) is 296 Å². The Morgan fingerprint density at radius 1 is 0.284 bits per heavy atom. The lowest BCUT2D eigenvalue weighted by molar-refractivity contribution is 0.0877. The maximum atomic E-state index is 15.2. The molecule has 6 heteroatoms. The topological polar surface area (TPSA) is 74.8 Å². The third-order valence-electron chi connectivity index (χ3n) is 24.6. The van der Waals surface area contributed by atoms with Crippen molar-refractivity contribution in [3.8, 4) is 22.3 Å². The Balaban J connectivity index is 0.617. The maximum absolute atomic E-state index is 15.2. The summed E-state index contributed by atoms with van der Waals surface area (Å²) in [5.74, 6) is -0.357. The van der Waals surface area contributed by atoms with Crippen LogP contribution in [0, 0.1) is 11.8 Å². The highest BCUT2D eigenvalue weighted by Gasteiger charge is 2.48. The molecule has 0 unspecified atom stereocenters. The molecular formula is C96H72N2O4. The van der Waals surface area contributed by atoms with E-state index in [0.717, 1.165) is 101 Å². The number of rotatable bonds is 8. The molecule has 6 aliphatic carbocycles. The van der Waals surface area contributed by atoms with E-state index in [1.165, 1.54) is 131 Å². The number of carbonyl (C=O) groups is 4. The Kier molecular flexibility index (Phi) is 12.1. The predicted octanol–water partition coefficient (Wildman–Crippen LogP) is 24.2. The van der Waals surface area contributed by atoms with E-state index in [4.69, 9.17) is 0 Å². The highest BCUT2D eigenvalue weighted by atomic mass is 16.2. The summed E-state index contributed by atoms with van der Waals surface area (Å²) in [6, 6.07) is 53.6. The van der Waals surface area contributed by atoms with Crippen LogP contribution in [0.4, 0.5) is 11.4 Å². The van der Waals surface area contributed by atoms with Crippen LogP contribution in [0.5, 0.6) is 0 Å². The second-order valence-corrected chi connectivity index (χ2v) is 31.2. The van der Waals surface area contributed by atoms with Crippen molar-refractivity contribution < 1.29 is 19.2 Å². The first-order valence-corrected chi connectivity index (χ1v) is 36.8. The molecule has 21 rings (SSSR count). The van der Waals surface area contributed by atoms with Crippen LogP contribution in [0.1, 0.15) is 212 Å². The molecule has 0 spiro atoms. The van der Waals surface area contributed by atoms with Crippen molar-refractivity contribution in [2.45, 2.75) is 106 Å². The molecule has 490 valence electrons. The van der Waals surface area contributed by atoms with Crippen molar-refractivity contribution in [1.29, 1.82) is 0 Å². The number of benzene rings is 13. The lowest BCUT2D eigenvalue weighted by Crippen LogP contribution is -2.42. The first-order chi connectivity index (χ1) is 49.5. The predicted molar refractivity (Wildman–Crippen MR) is 425 cm³/mol. The third kappa shape index (κ3) is 7.64. The highest BCUT2D eigenvalue weighted by molar-refractivity contribution is 6.44. The zero-order valence-electron chi connectivity index (χ0n) is 58.9. The number of nitrogens with zero attached hydrogens (tertiary/aromatic N) is 2. The van der Waals surface area contributed by atoms with E-state index in [1.807, 2.05) is 24.3 Å². The molecule has 0 saturated heterocycles. The van der Waals surface area contributed by atoms with E-state index in [2.05, 4.69) is 239 Å². The molecule has 0 radical (unpaired) electrons. The molecule has 0 saturated carbocycles. The van der Waals surface area contributed by atoms with E-state index < -0.39 is 0 Å². The molecule has 2 heterocycles. The van der Waals surface area contributed by atoms with E-state index in [0.29, 0.717) is 22.3 Å². The van der Waals surface area contributed by atoms with Gasteiger partial charge in [0.25, 0.3) is 23.6 Å². The molecule has 13 aromatic rings. The van der Waals surface area contributed by atoms with E-state index in [-0.39, 0.29) is 59.1 Å². The van der Waals surface area contributed by atoms with Gasteiger partial charge >= 0.3 is 0 Å². The lowest BCUT2D eigenvalue weighted by Gasteiger charge is -2.41. The molecule has 13 aromatic carbocycles. The number of aryl methyl sites for hydroxylation is 2. The Bertz CT molecular complexity index is 6140. The fourth-order valence-electron chi connectivity index (χ4n) is 19.8. The SMILES string of the molecule is CCc1cc(C(C)C)c(N2C(=O)c3ccc4c5c(ccc(c35)C2=O)C2=CC=C3c5cc6cc7c(cc6cc5C5=CC=C4C2C53)C=Cc2cc3cc4c(cc3cc2C=C7)-c2ccc3c5ccc6c7c(ccc(c8ccc-4c2c83)c75)C(=O)N(c2c(C(C)C)cc(CC)cc2C(C)C)C6=O)c(C(C)C)c1. The average Bonchev–Trinajstić information content (AvgIpc) is 1.22. The molecule has 0 bridgehead atoms. The van der Waals surface area contributed by atoms with Crippen LogP contribution in [-0.4, -0.2) is 23.6 Å². The maximum Gasteiger partial charge on any atom is 0.266 e. The number of imide groups is 2. The van der Waals surface area contributed by atoms with Gasteiger partial charge in [0.05, 0.1) is 11.4 Å². The number of anilines is 2. The molecule has 0 atom stereocenters. The largest absolute Gasteiger partial charge is 0.268 e. The third-order valence-corrected chi connectivity index (χ3v) is 24.6. The van der Waals surface area contributed by atoms with Crippen LogP contribution in [0.3, 0.4) is 0 Å². The van der Waals surface area contributed by atoms with Crippen LogP contribution < -0.4 is 9.80 Å². The molecule has 8 aliphatic rings. The second kappa shape index (κ2) is 20.7. The molecule has 102 heavy (non-hydrogen) atoms. The fraction of sp³-hybridized carbons (Fsp3) is 0.188. The molecule has 0 fully saturated rings. The Labute approximate surface area is 592 Å². The number of allylic oxidation sites excluding steroid dienone is 8. The monoisotopic (exact) mass is 1320 g/mol. The second-order valence-electron chi connectivity index (χ2n) is 31.2. The molecule has 4 amide bonds. The van der Waals surface area contributed by atoms with E-state index in [1.54, 1.807) is 0 Å². The quantitative estimate of drug-likeness (QED) is 0.0863. The smallest absolute Gasteiger partial charge is 0.266 e. The van der Waals surface area contributed by atoms with Crippen molar-refractivity contribution in [2.24, 2.45) is 11.8 Å². The summed E-state index contributed by atoms with van der Waals surface area (Å²) in [5, 5.41) is 15.1. The lowest BCUT2D eigenvalue weighted by atomic mass is 9.62. The zero-order chi connectivity index (χ0) is 69.2. The van der Waals surface area contributed by atoms with Crippen molar-refractivity contribution >= 4 is 157 Å². The molecular weight excluding hydrogens is 1250 g/mol. The molecule has 6 nitrogen and oxygen atoms in total. The highest BCUT2D eigenvalue weighted by Crippen LogP contribution is 2.64. The minimum atomic E-state index is -0.261. The van der Waals surface area contributed by atoms with E-state index >= 15 is 19.2 Å². The van der Waals surface area contributed by atoms with Gasteiger partial charge in [-0.15, -0.1) is 0 Å². The van der Waals surface area contributed by atoms with Crippen LogP contribution >= 0.6 is 0 Å². The van der Waals surface area contributed by atoms with Gasteiger partial charge in [0.15, 0.2) is 0 Å². The van der Waals surface area contributed by atoms with Crippen LogP contribution in [0.15, 0.2) is 170 Å². The summed E-state index contributed by atoms with van der Waals surface area (Å²) in [7, 11) is 0. The van der Waals surface area contributed by atoms with Gasteiger partial charge in [0.2, 0.25) is 0 Å². The molecule has 0 aromatic heterocycles. The van der Waals surface area contributed by atoms with Gasteiger partial charge in [0, 0.05) is 44.9 Å². The fourth-order valence-corrected chi connectivity index (χ4v) is 19.8. The van der Waals surface area contributed by atoms with Gasteiger partial charge in [0.1, 0.15) is 0 Å². The van der Waals surface area contributed by atoms with Gasteiger partial charge in [-0.3, -0.25) is 19.2 Å². The number of hydrogen-bond acceptors (Lipinski definition) is 4. The summed E-state index contributed by atoms with van der Waals surface area (Å²) in [5.41, 5.74) is 29.9. The molecule has 2 aliphatic heterocycles. The Hall–Kier alpha value is -11.3. The van der Waals surface area contributed by atoms with Crippen LogP contribution in [0.2, 0.25) is 0 Å². The van der Waals surface area contributed by atoms with Gasteiger partial charge in [-0.1, -0.05) is 191 Å². The summed E-state index contributed by atoms with van der Waals surface area (Å²) in [6.07, 6.45) is 20.3. The minimum Gasteiger partial charge on any atom is -0.268 e. The van der Waals surface area contributed by atoms with Gasteiger partial charge in [-0.25, -0.2) is 9.80 Å². The first kappa shape index (κ1) is 59.5. The summed E-state index contributed by atoms with van der Waals surface area (Å²) < 4.78 is 0. The first-order valence-electron chi connectivity index (χ1n) is 36.8. The standard InChI is InChI=1S/C96H72N2O4/c1-11-49-33-75(45(3)4)91(76(34-49)46(5)6)97-93(99)71-29-25-63-59-17-21-67-79-41-55-37-51-13-15-53-39-57-43-81-69-23-19-61-65-27-31-73-90-74(96(102)98(95(73)101)92-77(47(7)8)35-50(12-2)36-78(92)48(9)10)32-28-66(86(65)90)62-20-24-70(88(69)84(61)62)82(81)44-58(57)40-54(53)16-14-52(51)38-56(55)42-80(79)68-22-18-60(83(59)87(67)68)64-26-30-72(94(97)100)89(71)85(63)64/h13-48,83,87H,11-12H2,1-10H3. The summed E-state index contributed by atoms with van der Waals surface area (Å²) in [6.45, 7) is 21.5. The summed E-state index contributed by atoms with van der Waals surface area (Å²) >= 11 is 0. The normalized spacial score (nSPS) is 17.2. The van der Waals surface area contributed by atoms with Crippen molar-refractivity contribution in [3.05, 3.63) is 270 Å². The minimum absolute atomic E-state index is 0.0867. The van der Waals surface area contributed by atoms with Gasteiger partial charge < -0.3 is 0 Å². The van der Waals surface area contributed by atoms with Crippen LogP contribution in [-0.2, 0) is 12.8 Å². The van der Waals surface area contributed by atoms with Crippen molar-refractivity contribution in [2.75, 3.05) is 9.80 Å². The van der Waals surface area contributed by atoms with Crippen LogP contribution in [0.25, 0.3) is 144 Å². The average molecular weight is 1320 g/mol. The van der Waals surface area contributed by atoms with Crippen molar-refractivity contribution in [1.82, 2.24) is 0 Å². The number of fused-ring (bicyclic) bond motifs is 14. The Morgan fingerprint density at radius 2 is 0.539 bits per heavy atom. The number of hydrogen-bond donors (Lipinski definition) is 0. The van der Waals surface area contributed by atoms with E-state index in [9.17, 15) is 0 Å². The zero-order valence-corrected chi connectivity index (χ0v) is 58.9. The number of amides is 4. The number of carbonyl (C=O) groups excluding carboxylic acids is 4. The Morgan fingerprint density at radius 3 is 0.853 bits per heavy atom. The molecule has 0 N–H and O–H groups in total. The van der Waals surface area contributed by atoms with Crippen molar-refractivity contribution in [3.63, 3.8) is 0 Å².